The average Bonchev–Trinajstić information content (AvgIpc) is 2.09. The van der Waals surface area contributed by atoms with Crippen LogP contribution in [-0.2, 0) is 0 Å². The summed E-state index contributed by atoms with van der Waals surface area (Å²) in [4.78, 5) is 10.3. The van der Waals surface area contributed by atoms with E-state index in [1.165, 1.54) is 5.12 Å². The van der Waals surface area contributed by atoms with Crippen molar-refractivity contribution in [1.82, 2.24) is 10.4 Å². The van der Waals surface area contributed by atoms with Gasteiger partial charge < -0.3 is 16.8 Å². The van der Waals surface area contributed by atoms with Gasteiger partial charge in [-0.05, 0) is 12.8 Å². The van der Waals surface area contributed by atoms with E-state index in [9.17, 15) is 4.79 Å². The Morgan fingerprint density at radius 3 is 2.53 bits per heavy atom. The monoisotopic (exact) mass is 216 g/mol. The number of nitrogens with one attached hydrogen (secondary N) is 1. The lowest BCUT2D eigenvalue weighted by Crippen LogP contribution is -2.30. The minimum Gasteiger partial charge on any atom is -0.386 e. The fourth-order valence-electron chi connectivity index (χ4n) is 1.07. The van der Waals surface area contributed by atoms with Crippen LogP contribution < -0.4 is 22.6 Å². The molecule has 0 rings (SSSR count). The number of urea groups is 1. The topological polar surface area (TPSA) is 123 Å². The Hall–Kier alpha value is -1.50. The molecule has 0 saturated heterocycles. The van der Waals surface area contributed by atoms with Crippen molar-refractivity contribution >= 4 is 11.9 Å². The number of rotatable bonds is 7. The molecule has 0 spiro atoms. The number of hydrazone groups is 1. The van der Waals surface area contributed by atoms with E-state index in [0.29, 0.717) is 18.8 Å². The number of carbonyl (C=O) groups is 1. The standard InChI is InChI=1S/C8H20N6O/c1-14(11)13-7(9)5-3-2-4-6-12-8(10)15/h2-6,11H2,1H3,(H2,9,13)(H3,10,12,15). The summed E-state index contributed by atoms with van der Waals surface area (Å²) in [5.74, 6) is 5.80. The molecule has 0 aromatic heterocycles. The van der Waals surface area contributed by atoms with Gasteiger partial charge in [0.15, 0.2) is 0 Å². The van der Waals surface area contributed by atoms with Crippen LogP contribution >= 0.6 is 0 Å². The lowest BCUT2D eigenvalue weighted by Gasteiger charge is -2.06. The molecule has 0 aliphatic heterocycles. The summed E-state index contributed by atoms with van der Waals surface area (Å²) >= 11 is 0. The van der Waals surface area contributed by atoms with Crippen molar-refractivity contribution in [3.05, 3.63) is 0 Å². The first-order valence-electron chi connectivity index (χ1n) is 4.87. The molecule has 7 heteroatoms. The second-order valence-corrected chi connectivity index (χ2v) is 3.27. The average molecular weight is 216 g/mol. The van der Waals surface area contributed by atoms with E-state index in [2.05, 4.69) is 10.4 Å². The molecule has 0 aromatic rings. The van der Waals surface area contributed by atoms with Crippen LogP contribution in [0.15, 0.2) is 5.10 Å². The highest BCUT2D eigenvalue weighted by atomic mass is 16.2. The highest BCUT2D eigenvalue weighted by molar-refractivity contribution is 5.79. The highest BCUT2D eigenvalue weighted by Gasteiger charge is 1.95. The number of unbranched alkanes of at least 4 members (excludes halogenated alkanes) is 2. The summed E-state index contributed by atoms with van der Waals surface area (Å²) in [7, 11) is 1.61. The van der Waals surface area contributed by atoms with Gasteiger partial charge in [-0.1, -0.05) is 6.42 Å². The van der Waals surface area contributed by atoms with Crippen LogP contribution in [0, 0.1) is 0 Å². The largest absolute Gasteiger partial charge is 0.386 e. The smallest absolute Gasteiger partial charge is 0.312 e. The second kappa shape index (κ2) is 7.86. The fourth-order valence-corrected chi connectivity index (χ4v) is 1.07. The molecule has 0 fully saturated rings. The van der Waals surface area contributed by atoms with Crippen LogP contribution in [0.1, 0.15) is 25.7 Å². The van der Waals surface area contributed by atoms with Gasteiger partial charge in [0.2, 0.25) is 0 Å². The maximum absolute atomic E-state index is 10.3. The van der Waals surface area contributed by atoms with Gasteiger partial charge in [0.05, 0.1) is 0 Å². The zero-order chi connectivity index (χ0) is 11.7. The van der Waals surface area contributed by atoms with Crippen molar-refractivity contribution in [3.8, 4) is 0 Å². The molecule has 2 amide bonds. The van der Waals surface area contributed by atoms with Gasteiger partial charge in [-0.25, -0.2) is 15.8 Å². The molecule has 0 atom stereocenters. The molecular weight excluding hydrogens is 196 g/mol. The zero-order valence-electron chi connectivity index (χ0n) is 9.07. The number of primary amides is 1. The van der Waals surface area contributed by atoms with Crippen LogP contribution in [0.4, 0.5) is 4.79 Å². The van der Waals surface area contributed by atoms with Gasteiger partial charge >= 0.3 is 6.03 Å². The molecular formula is C8H20N6O. The van der Waals surface area contributed by atoms with E-state index in [-0.39, 0.29) is 0 Å². The molecule has 0 bridgehead atoms. The van der Waals surface area contributed by atoms with Gasteiger partial charge in [0.25, 0.3) is 0 Å². The molecule has 0 unspecified atom stereocenters. The quantitative estimate of drug-likeness (QED) is 0.148. The van der Waals surface area contributed by atoms with E-state index >= 15 is 0 Å². The van der Waals surface area contributed by atoms with E-state index in [1.807, 2.05) is 0 Å². The van der Waals surface area contributed by atoms with E-state index in [0.717, 1.165) is 19.3 Å². The van der Waals surface area contributed by atoms with E-state index in [1.54, 1.807) is 7.05 Å². The zero-order valence-corrected chi connectivity index (χ0v) is 9.07. The summed E-state index contributed by atoms with van der Waals surface area (Å²) < 4.78 is 0. The molecule has 0 aromatic carbocycles. The predicted octanol–water partition coefficient (Wildman–Crippen LogP) is -0.707. The van der Waals surface area contributed by atoms with Crippen LogP contribution in [0.5, 0.6) is 0 Å². The minimum absolute atomic E-state index is 0.485. The number of hydrazine groups is 1. The molecule has 0 heterocycles. The highest BCUT2D eigenvalue weighted by Crippen LogP contribution is 1.98. The first-order valence-corrected chi connectivity index (χ1v) is 4.87. The molecule has 0 saturated carbocycles. The van der Waals surface area contributed by atoms with Crippen LogP contribution in [0.25, 0.3) is 0 Å². The SMILES string of the molecule is CN(N)/N=C(\N)CCCCCNC(N)=O. The second-order valence-electron chi connectivity index (χ2n) is 3.27. The third kappa shape index (κ3) is 10.4. The van der Waals surface area contributed by atoms with Crippen LogP contribution in [0.3, 0.4) is 0 Å². The lowest BCUT2D eigenvalue weighted by molar-refractivity contribution is 0.248. The van der Waals surface area contributed by atoms with Crippen molar-refractivity contribution in [2.24, 2.45) is 22.4 Å². The third-order valence-electron chi connectivity index (χ3n) is 1.70. The van der Waals surface area contributed by atoms with Gasteiger partial charge in [0.1, 0.15) is 5.84 Å². The molecule has 0 aliphatic carbocycles. The summed E-state index contributed by atoms with van der Waals surface area (Å²) in [6.45, 7) is 0.600. The number of amidine groups is 1. The van der Waals surface area contributed by atoms with Gasteiger partial charge in [0, 0.05) is 20.0 Å². The normalized spacial score (nSPS) is 11.2. The third-order valence-corrected chi connectivity index (χ3v) is 1.70. The Balaban J connectivity index is 3.35. The Kier molecular flexibility index (Phi) is 7.08. The minimum atomic E-state index is -0.485. The Bertz CT molecular complexity index is 215. The predicted molar refractivity (Wildman–Crippen MR) is 59.6 cm³/mol. The number of hydrogen-bond donors (Lipinski definition) is 4. The molecule has 7 nitrogen and oxygen atoms in total. The summed E-state index contributed by atoms with van der Waals surface area (Å²) in [6.07, 6.45) is 3.47. The molecule has 88 valence electrons. The van der Waals surface area contributed by atoms with E-state index < -0.39 is 6.03 Å². The van der Waals surface area contributed by atoms with Crippen molar-refractivity contribution in [2.75, 3.05) is 13.6 Å². The number of nitrogens with two attached hydrogens (primary N) is 3. The van der Waals surface area contributed by atoms with Gasteiger partial charge in [-0.15, -0.1) is 5.10 Å². The van der Waals surface area contributed by atoms with Crippen molar-refractivity contribution in [3.63, 3.8) is 0 Å². The Morgan fingerprint density at radius 2 is 2.00 bits per heavy atom. The molecule has 7 N–H and O–H groups in total. The first kappa shape index (κ1) is 13.5. The molecule has 0 radical (unpaired) electrons. The number of hydrogen-bond acceptors (Lipinski definition) is 4. The van der Waals surface area contributed by atoms with Crippen molar-refractivity contribution in [2.45, 2.75) is 25.7 Å². The Labute approximate surface area is 89.6 Å². The number of nitrogens with zero attached hydrogens (tertiary/aromatic N) is 2. The Morgan fingerprint density at radius 1 is 1.33 bits per heavy atom. The summed E-state index contributed by atoms with van der Waals surface area (Å²) in [6, 6.07) is -0.485. The van der Waals surface area contributed by atoms with Crippen molar-refractivity contribution < 1.29 is 4.79 Å². The first-order chi connectivity index (χ1) is 7.02. The fraction of sp³-hybridized carbons (Fsp3) is 0.750. The van der Waals surface area contributed by atoms with Crippen LogP contribution in [-0.4, -0.2) is 30.6 Å². The summed E-state index contributed by atoms with van der Waals surface area (Å²) in [5, 5.41) is 7.54. The number of carbonyl (C=O) groups excluding carboxylic acids is 1. The maximum atomic E-state index is 10.3. The van der Waals surface area contributed by atoms with E-state index in [4.69, 9.17) is 17.3 Å². The van der Waals surface area contributed by atoms with Crippen LogP contribution in [0.2, 0.25) is 0 Å². The van der Waals surface area contributed by atoms with Gasteiger partial charge in [-0.3, -0.25) is 0 Å². The van der Waals surface area contributed by atoms with Crippen molar-refractivity contribution in [1.29, 1.82) is 0 Å². The molecule has 0 aliphatic rings. The lowest BCUT2D eigenvalue weighted by atomic mass is 10.2. The molecule has 15 heavy (non-hydrogen) atoms. The van der Waals surface area contributed by atoms with Gasteiger partial charge in [-0.2, -0.15) is 0 Å². The maximum Gasteiger partial charge on any atom is 0.312 e. The number of amides is 2. The summed E-state index contributed by atoms with van der Waals surface area (Å²) in [5.41, 5.74) is 10.5.